The molecule has 0 aliphatic carbocycles. The first-order valence-corrected chi connectivity index (χ1v) is 6.88. The lowest BCUT2D eigenvalue weighted by Gasteiger charge is -2.05. The minimum Gasteiger partial charge on any atom is -0.225 e. The molecule has 0 aliphatic heterocycles. The van der Waals surface area contributed by atoms with Gasteiger partial charge < -0.3 is 0 Å². The highest BCUT2D eigenvalue weighted by Crippen LogP contribution is 2.27. The summed E-state index contributed by atoms with van der Waals surface area (Å²) in [4.78, 5) is -0.130. The van der Waals surface area contributed by atoms with Gasteiger partial charge >= 0.3 is 0 Å². The summed E-state index contributed by atoms with van der Waals surface area (Å²) >= 11 is 5.86. The van der Waals surface area contributed by atoms with Gasteiger partial charge in [0, 0.05) is 0 Å². The van der Waals surface area contributed by atoms with E-state index >= 15 is 0 Å². The van der Waals surface area contributed by atoms with Crippen LogP contribution >= 0.6 is 11.6 Å². The molecule has 0 atom stereocenters. The first-order chi connectivity index (χ1) is 8.38. The SMILES string of the molecule is NS(=O)(=O)c1ccc(-c2ccc(F)cc2)cc1Cl. The van der Waals surface area contributed by atoms with E-state index in [4.69, 9.17) is 16.7 Å². The molecule has 0 saturated heterocycles. The second-order valence-corrected chi connectivity index (χ2v) is 5.63. The zero-order valence-electron chi connectivity index (χ0n) is 9.10. The average Bonchev–Trinajstić information content (AvgIpc) is 2.28. The molecule has 0 aromatic heterocycles. The van der Waals surface area contributed by atoms with E-state index in [0.717, 1.165) is 5.56 Å². The van der Waals surface area contributed by atoms with Crippen molar-refractivity contribution in [2.75, 3.05) is 0 Å². The standard InChI is InChI=1S/C12H9ClFNO2S/c13-11-7-9(3-6-12(11)18(15,16)17)8-1-4-10(14)5-2-8/h1-7H,(H2,15,16,17). The van der Waals surface area contributed by atoms with Crippen molar-refractivity contribution in [1.82, 2.24) is 0 Å². The highest BCUT2D eigenvalue weighted by molar-refractivity contribution is 7.89. The van der Waals surface area contributed by atoms with Gasteiger partial charge in [-0.25, -0.2) is 17.9 Å². The maximum absolute atomic E-state index is 12.8. The Balaban J connectivity index is 2.50. The van der Waals surface area contributed by atoms with Crippen LogP contribution in [0, 0.1) is 5.82 Å². The Morgan fingerprint density at radius 2 is 1.56 bits per heavy atom. The number of halogens is 2. The Morgan fingerprint density at radius 3 is 2.06 bits per heavy atom. The molecular formula is C12H9ClFNO2S. The molecule has 3 nitrogen and oxygen atoms in total. The summed E-state index contributed by atoms with van der Waals surface area (Å²) in [6, 6.07) is 10.2. The molecule has 0 aliphatic rings. The van der Waals surface area contributed by atoms with Gasteiger partial charge in [0.05, 0.1) is 5.02 Å². The molecule has 0 heterocycles. The monoisotopic (exact) mass is 285 g/mol. The molecule has 2 rings (SSSR count). The molecule has 2 aromatic rings. The van der Waals surface area contributed by atoms with Crippen LogP contribution in [0.4, 0.5) is 4.39 Å². The second-order valence-electron chi connectivity index (χ2n) is 3.70. The molecule has 0 amide bonds. The Bertz CT molecular complexity index is 684. The Kier molecular flexibility index (Phi) is 3.38. The van der Waals surface area contributed by atoms with Crippen molar-refractivity contribution in [2.24, 2.45) is 5.14 Å². The Hall–Kier alpha value is -1.43. The summed E-state index contributed by atoms with van der Waals surface area (Å²) in [5.41, 5.74) is 1.42. The molecule has 0 fully saturated rings. The summed E-state index contributed by atoms with van der Waals surface area (Å²) in [6.07, 6.45) is 0. The van der Waals surface area contributed by atoms with E-state index in [9.17, 15) is 12.8 Å². The van der Waals surface area contributed by atoms with Crippen molar-refractivity contribution in [3.05, 3.63) is 53.3 Å². The van der Waals surface area contributed by atoms with Crippen LogP contribution in [0.3, 0.4) is 0 Å². The minimum atomic E-state index is -3.83. The van der Waals surface area contributed by atoms with Crippen LogP contribution < -0.4 is 5.14 Å². The van der Waals surface area contributed by atoms with Crippen LogP contribution in [0.2, 0.25) is 5.02 Å². The normalized spacial score (nSPS) is 11.5. The van der Waals surface area contributed by atoms with E-state index in [0.29, 0.717) is 5.56 Å². The molecular weight excluding hydrogens is 277 g/mol. The molecule has 94 valence electrons. The summed E-state index contributed by atoms with van der Waals surface area (Å²) in [6.45, 7) is 0. The zero-order valence-corrected chi connectivity index (χ0v) is 10.7. The molecule has 2 N–H and O–H groups in total. The number of benzene rings is 2. The smallest absolute Gasteiger partial charge is 0.225 e. The summed E-state index contributed by atoms with van der Waals surface area (Å²) < 4.78 is 35.2. The predicted molar refractivity (Wildman–Crippen MR) is 68.2 cm³/mol. The second kappa shape index (κ2) is 4.68. The van der Waals surface area contributed by atoms with E-state index in [1.807, 2.05) is 0 Å². The molecule has 0 radical (unpaired) electrons. The van der Waals surface area contributed by atoms with E-state index in [2.05, 4.69) is 0 Å². The van der Waals surface area contributed by atoms with Crippen LogP contribution in [0.5, 0.6) is 0 Å². The summed E-state index contributed by atoms with van der Waals surface area (Å²) in [7, 11) is -3.83. The summed E-state index contributed by atoms with van der Waals surface area (Å²) in [5.74, 6) is -0.342. The number of hydrogen-bond acceptors (Lipinski definition) is 2. The number of sulfonamides is 1. The van der Waals surface area contributed by atoms with Gasteiger partial charge in [-0.1, -0.05) is 29.8 Å². The molecule has 2 aromatic carbocycles. The van der Waals surface area contributed by atoms with Crippen molar-refractivity contribution in [3.63, 3.8) is 0 Å². The highest BCUT2D eigenvalue weighted by Gasteiger charge is 2.13. The van der Waals surface area contributed by atoms with Crippen molar-refractivity contribution >= 4 is 21.6 Å². The van der Waals surface area contributed by atoms with E-state index < -0.39 is 10.0 Å². The van der Waals surface area contributed by atoms with Gasteiger partial charge in [-0.2, -0.15) is 0 Å². The lowest BCUT2D eigenvalue weighted by Crippen LogP contribution is -2.12. The van der Waals surface area contributed by atoms with E-state index in [1.165, 1.54) is 24.3 Å². The van der Waals surface area contributed by atoms with Gasteiger partial charge in [0.2, 0.25) is 10.0 Å². The zero-order chi connectivity index (χ0) is 13.3. The van der Waals surface area contributed by atoms with E-state index in [-0.39, 0.29) is 15.7 Å². The third-order valence-electron chi connectivity index (χ3n) is 2.42. The van der Waals surface area contributed by atoms with Crippen LogP contribution in [-0.2, 0) is 10.0 Å². The quantitative estimate of drug-likeness (QED) is 0.922. The average molecular weight is 286 g/mol. The number of rotatable bonds is 2. The first-order valence-electron chi connectivity index (χ1n) is 4.96. The fraction of sp³-hybridized carbons (Fsp3) is 0. The number of nitrogens with two attached hydrogens (primary N) is 1. The fourth-order valence-corrected chi connectivity index (χ4v) is 2.65. The van der Waals surface area contributed by atoms with E-state index in [1.54, 1.807) is 18.2 Å². The molecule has 0 unspecified atom stereocenters. The van der Waals surface area contributed by atoms with Crippen molar-refractivity contribution in [1.29, 1.82) is 0 Å². The Morgan fingerprint density at radius 1 is 1.00 bits per heavy atom. The van der Waals surface area contributed by atoms with Crippen LogP contribution in [-0.4, -0.2) is 8.42 Å². The van der Waals surface area contributed by atoms with Gasteiger partial charge in [0.15, 0.2) is 0 Å². The predicted octanol–water partition coefficient (Wildman–Crippen LogP) is 2.79. The third kappa shape index (κ3) is 2.69. The Labute approximate surface area is 109 Å². The molecule has 0 bridgehead atoms. The topological polar surface area (TPSA) is 60.2 Å². The minimum absolute atomic E-state index is 0.0410. The maximum Gasteiger partial charge on any atom is 0.239 e. The van der Waals surface area contributed by atoms with Crippen LogP contribution in [0.1, 0.15) is 0 Å². The lowest BCUT2D eigenvalue weighted by molar-refractivity contribution is 0.598. The van der Waals surface area contributed by atoms with Gasteiger partial charge in [-0.15, -0.1) is 0 Å². The van der Waals surface area contributed by atoms with Crippen molar-refractivity contribution in [3.8, 4) is 11.1 Å². The maximum atomic E-state index is 12.8. The van der Waals surface area contributed by atoms with Gasteiger partial charge in [0.1, 0.15) is 10.7 Å². The van der Waals surface area contributed by atoms with Crippen LogP contribution in [0.15, 0.2) is 47.4 Å². The molecule has 6 heteroatoms. The highest BCUT2D eigenvalue weighted by atomic mass is 35.5. The number of primary sulfonamides is 1. The van der Waals surface area contributed by atoms with Gasteiger partial charge in [-0.05, 0) is 35.4 Å². The summed E-state index contributed by atoms with van der Waals surface area (Å²) in [5, 5.41) is 5.05. The third-order valence-corrected chi connectivity index (χ3v) is 3.81. The van der Waals surface area contributed by atoms with Crippen molar-refractivity contribution < 1.29 is 12.8 Å². The fourth-order valence-electron chi connectivity index (χ4n) is 1.55. The largest absolute Gasteiger partial charge is 0.239 e. The molecule has 0 spiro atoms. The van der Waals surface area contributed by atoms with Crippen molar-refractivity contribution in [2.45, 2.75) is 4.90 Å². The molecule has 0 saturated carbocycles. The van der Waals surface area contributed by atoms with Crippen LogP contribution in [0.25, 0.3) is 11.1 Å². The molecule has 18 heavy (non-hydrogen) atoms. The first kappa shape index (κ1) is 13.0. The lowest BCUT2D eigenvalue weighted by atomic mass is 10.1. The van der Waals surface area contributed by atoms with Gasteiger partial charge in [-0.3, -0.25) is 0 Å². The number of hydrogen-bond donors (Lipinski definition) is 1. The van der Waals surface area contributed by atoms with Gasteiger partial charge in [0.25, 0.3) is 0 Å².